The maximum atomic E-state index is 13.2. The summed E-state index contributed by atoms with van der Waals surface area (Å²) in [6, 6.07) is 6.92. The number of non-ortho nitro benzene ring substituents is 1. The second kappa shape index (κ2) is 8.90. The first kappa shape index (κ1) is 22.9. The average Bonchev–Trinajstić information content (AvgIpc) is 3.53. The molecule has 34 heavy (non-hydrogen) atoms. The number of hydrogen-bond donors (Lipinski definition) is 1. The van der Waals surface area contributed by atoms with E-state index in [1.54, 1.807) is 13.8 Å². The minimum atomic E-state index is -1.26. The van der Waals surface area contributed by atoms with Crippen molar-refractivity contribution >= 4 is 39.8 Å². The number of esters is 1. The van der Waals surface area contributed by atoms with Crippen molar-refractivity contribution in [2.45, 2.75) is 19.9 Å². The summed E-state index contributed by atoms with van der Waals surface area (Å²) in [4.78, 5) is 54.8. The van der Waals surface area contributed by atoms with Gasteiger partial charge >= 0.3 is 5.97 Å². The zero-order chi connectivity index (χ0) is 24.6. The van der Waals surface area contributed by atoms with E-state index in [2.05, 4.69) is 4.98 Å². The van der Waals surface area contributed by atoms with Crippen LogP contribution in [-0.2, 0) is 9.53 Å². The number of aliphatic hydroxyl groups is 1. The van der Waals surface area contributed by atoms with Gasteiger partial charge in [0, 0.05) is 12.1 Å². The Bertz CT molecular complexity index is 1340. The van der Waals surface area contributed by atoms with Gasteiger partial charge in [0.1, 0.15) is 4.88 Å². The molecule has 0 radical (unpaired) electrons. The maximum absolute atomic E-state index is 13.2. The molecule has 1 aliphatic rings. The second-order valence-electron chi connectivity index (χ2n) is 7.13. The van der Waals surface area contributed by atoms with Crippen molar-refractivity contribution in [2.24, 2.45) is 0 Å². The number of nitrogens with zero attached hydrogens (tertiary/aromatic N) is 3. The van der Waals surface area contributed by atoms with Crippen molar-refractivity contribution in [1.82, 2.24) is 4.98 Å². The van der Waals surface area contributed by atoms with Crippen LogP contribution in [0.4, 0.5) is 10.8 Å². The summed E-state index contributed by atoms with van der Waals surface area (Å²) in [5.41, 5.74) is -0.129. The van der Waals surface area contributed by atoms with E-state index in [-0.39, 0.29) is 44.9 Å². The molecule has 0 spiro atoms. The molecule has 1 atom stereocenters. The Morgan fingerprint density at radius 1 is 1.32 bits per heavy atom. The number of amides is 1. The number of benzene rings is 1. The number of carbonyl (C=O) groups is 3. The zero-order valence-electron chi connectivity index (χ0n) is 17.9. The van der Waals surface area contributed by atoms with Crippen LogP contribution >= 0.6 is 11.3 Å². The highest BCUT2D eigenvalue weighted by atomic mass is 32.1. The number of Topliss-reactive ketones (excluding diaryl/α,β-unsaturated/α-hetero) is 1. The van der Waals surface area contributed by atoms with Gasteiger partial charge in [-0.1, -0.05) is 23.5 Å². The minimum Gasteiger partial charge on any atom is -0.503 e. The number of thiazole rings is 1. The fourth-order valence-electron chi connectivity index (χ4n) is 3.57. The number of furan rings is 1. The Balaban J connectivity index is 1.88. The van der Waals surface area contributed by atoms with Crippen LogP contribution in [0.1, 0.15) is 44.4 Å². The van der Waals surface area contributed by atoms with Crippen LogP contribution in [0.3, 0.4) is 0 Å². The first-order valence-electron chi connectivity index (χ1n) is 9.98. The van der Waals surface area contributed by atoms with Crippen LogP contribution in [-0.4, -0.2) is 39.3 Å². The van der Waals surface area contributed by atoms with Gasteiger partial charge in [-0.15, -0.1) is 0 Å². The van der Waals surface area contributed by atoms with Gasteiger partial charge in [-0.25, -0.2) is 9.78 Å². The van der Waals surface area contributed by atoms with Gasteiger partial charge < -0.3 is 14.3 Å². The third-order valence-electron chi connectivity index (χ3n) is 5.05. The van der Waals surface area contributed by atoms with E-state index in [9.17, 15) is 29.6 Å². The van der Waals surface area contributed by atoms with E-state index >= 15 is 0 Å². The Morgan fingerprint density at radius 3 is 2.74 bits per heavy atom. The summed E-state index contributed by atoms with van der Waals surface area (Å²) in [5, 5.41) is 22.1. The molecular formula is C22H17N3O8S. The average molecular weight is 483 g/mol. The van der Waals surface area contributed by atoms with E-state index in [4.69, 9.17) is 9.15 Å². The number of aromatic nitrogens is 1. The predicted molar refractivity (Wildman–Crippen MR) is 119 cm³/mol. The molecule has 0 saturated carbocycles. The predicted octanol–water partition coefficient (Wildman–Crippen LogP) is 3.91. The smallest absolute Gasteiger partial charge is 0.350 e. The number of aliphatic hydroxyl groups excluding tert-OH is 1. The van der Waals surface area contributed by atoms with E-state index in [1.807, 2.05) is 0 Å². The number of ketones is 1. The van der Waals surface area contributed by atoms with Crippen LogP contribution in [0.15, 0.2) is 58.4 Å². The molecule has 11 nitrogen and oxygen atoms in total. The molecule has 4 rings (SSSR count). The van der Waals surface area contributed by atoms with Gasteiger partial charge in [0.15, 0.2) is 16.7 Å². The number of carbonyl (C=O) groups excluding carboxylic acids is 3. The Kier molecular flexibility index (Phi) is 5.99. The lowest BCUT2D eigenvalue weighted by atomic mass is 9.95. The third kappa shape index (κ3) is 3.83. The molecule has 0 unspecified atom stereocenters. The summed E-state index contributed by atoms with van der Waals surface area (Å²) in [5.74, 6) is -3.33. The van der Waals surface area contributed by atoms with Gasteiger partial charge in [0.25, 0.3) is 11.6 Å². The number of rotatable bonds is 7. The van der Waals surface area contributed by atoms with Crippen molar-refractivity contribution in [3.63, 3.8) is 0 Å². The summed E-state index contributed by atoms with van der Waals surface area (Å²) < 4.78 is 10.2. The molecule has 12 heteroatoms. The zero-order valence-corrected chi connectivity index (χ0v) is 18.7. The third-order valence-corrected chi connectivity index (χ3v) is 6.18. The SMILES string of the molecule is CCOC(=O)c1sc(N2C(=O)C(O)=C(C(=O)c3ccco3)[C@@H]2c2cccc([N+](=O)[O-])c2)nc1C. The molecular weight excluding hydrogens is 466 g/mol. The van der Waals surface area contributed by atoms with Crippen molar-refractivity contribution in [3.8, 4) is 0 Å². The molecule has 1 N–H and O–H groups in total. The van der Waals surface area contributed by atoms with E-state index in [0.29, 0.717) is 0 Å². The van der Waals surface area contributed by atoms with Crippen LogP contribution < -0.4 is 4.90 Å². The first-order valence-corrected chi connectivity index (χ1v) is 10.8. The lowest BCUT2D eigenvalue weighted by Gasteiger charge is -2.24. The minimum absolute atomic E-state index is 0.0101. The summed E-state index contributed by atoms with van der Waals surface area (Å²) in [6.07, 6.45) is 1.26. The second-order valence-corrected chi connectivity index (χ2v) is 8.11. The van der Waals surface area contributed by atoms with Crippen molar-refractivity contribution < 1.29 is 33.6 Å². The van der Waals surface area contributed by atoms with E-state index in [0.717, 1.165) is 16.2 Å². The topological polar surface area (TPSA) is 153 Å². The van der Waals surface area contributed by atoms with Gasteiger partial charge in [0.2, 0.25) is 5.78 Å². The number of nitro groups is 1. The van der Waals surface area contributed by atoms with Crippen LogP contribution in [0, 0.1) is 17.0 Å². The van der Waals surface area contributed by atoms with Gasteiger partial charge in [-0.3, -0.25) is 24.6 Å². The molecule has 0 aliphatic carbocycles. The highest BCUT2D eigenvalue weighted by Gasteiger charge is 2.47. The lowest BCUT2D eigenvalue weighted by molar-refractivity contribution is -0.384. The number of anilines is 1. The van der Waals surface area contributed by atoms with Crippen LogP contribution in [0.2, 0.25) is 0 Å². The summed E-state index contributed by atoms with van der Waals surface area (Å²) >= 11 is 0.844. The van der Waals surface area contributed by atoms with Gasteiger partial charge in [-0.2, -0.15) is 0 Å². The van der Waals surface area contributed by atoms with E-state index in [1.165, 1.54) is 42.7 Å². The fraction of sp³-hybridized carbons (Fsp3) is 0.182. The number of aryl methyl sites for hydroxylation is 1. The normalized spacial score (nSPS) is 15.6. The van der Waals surface area contributed by atoms with Crippen molar-refractivity contribution in [3.05, 3.63) is 86.0 Å². The number of nitro benzene ring substituents is 1. The largest absolute Gasteiger partial charge is 0.503 e. The van der Waals surface area contributed by atoms with E-state index < -0.39 is 34.4 Å². The van der Waals surface area contributed by atoms with Crippen molar-refractivity contribution in [1.29, 1.82) is 0 Å². The molecule has 3 heterocycles. The molecule has 1 aliphatic heterocycles. The lowest BCUT2D eigenvalue weighted by Crippen LogP contribution is -2.31. The molecule has 1 aromatic carbocycles. The standard InChI is InChI=1S/C22H17N3O8S/c1-3-32-21(29)19-11(2)23-22(34-19)24-16(12-6-4-7-13(10-12)25(30)31)15(18(27)20(24)28)17(26)14-8-5-9-33-14/h4-10,16,27H,3H2,1-2H3/t16-/m0/s1. The van der Waals surface area contributed by atoms with Gasteiger partial charge in [-0.05, 0) is 31.5 Å². The molecule has 2 aromatic heterocycles. The van der Waals surface area contributed by atoms with Crippen LogP contribution in [0.5, 0.6) is 0 Å². The Morgan fingerprint density at radius 2 is 2.09 bits per heavy atom. The number of ether oxygens (including phenoxy) is 1. The monoisotopic (exact) mass is 483 g/mol. The maximum Gasteiger partial charge on any atom is 0.350 e. The molecule has 0 fully saturated rings. The van der Waals surface area contributed by atoms with Crippen LogP contribution in [0.25, 0.3) is 0 Å². The highest BCUT2D eigenvalue weighted by Crippen LogP contribution is 2.44. The Hall–Kier alpha value is -4.32. The van der Waals surface area contributed by atoms with Gasteiger partial charge in [0.05, 0.1) is 35.1 Å². The molecule has 3 aromatic rings. The molecule has 1 amide bonds. The Labute approximate surface area is 196 Å². The molecule has 0 bridgehead atoms. The summed E-state index contributed by atoms with van der Waals surface area (Å²) in [7, 11) is 0. The summed E-state index contributed by atoms with van der Waals surface area (Å²) in [6.45, 7) is 3.33. The molecule has 0 saturated heterocycles. The first-order chi connectivity index (χ1) is 16.2. The fourth-order valence-corrected chi connectivity index (χ4v) is 4.56. The number of hydrogen-bond acceptors (Lipinski definition) is 10. The quantitative estimate of drug-likeness (QED) is 0.228. The highest BCUT2D eigenvalue weighted by molar-refractivity contribution is 7.17. The molecule has 174 valence electrons. The van der Waals surface area contributed by atoms with Crippen molar-refractivity contribution in [2.75, 3.05) is 11.5 Å².